The first-order valence-electron chi connectivity index (χ1n) is 13.9. The van der Waals surface area contributed by atoms with Gasteiger partial charge in [0.25, 0.3) is 5.91 Å². The summed E-state index contributed by atoms with van der Waals surface area (Å²) in [5, 5.41) is 3.03. The molecule has 0 aliphatic heterocycles. The third-order valence-corrected chi connectivity index (χ3v) is 6.40. The van der Waals surface area contributed by atoms with Crippen molar-refractivity contribution in [3.63, 3.8) is 0 Å². The van der Waals surface area contributed by atoms with E-state index in [1.54, 1.807) is 12.1 Å². The molecular weight excluding hydrogens is 500 g/mol. The maximum atomic E-state index is 13.2. The molecule has 40 heavy (non-hydrogen) atoms. The van der Waals surface area contributed by atoms with Crippen LogP contribution < -0.4 is 25.3 Å². The van der Waals surface area contributed by atoms with Gasteiger partial charge in [0.15, 0.2) is 11.5 Å². The van der Waals surface area contributed by atoms with Crippen LogP contribution in [0.25, 0.3) is 0 Å². The Morgan fingerprint density at radius 3 is 1.52 bits per heavy atom. The van der Waals surface area contributed by atoms with E-state index in [0.29, 0.717) is 55.7 Å². The van der Waals surface area contributed by atoms with Crippen molar-refractivity contribution in [1.82, 2.24) is 5.32 Å². The Morgan fingerprint density at radius 1 is 0.600 bits per heavy atom. The van der Waals surface area contributed by atoms with E-state index in [-0.39, 0.29) is 5.91 Å². The molecule has 0 saturated carbocycles. The second kappa shape index (κ2) is 16.0. The lowest BCUT2D eigenvalue weighted by Crippen LogP contribution is -2.24. The molecule has 4 rings (SSSR count). The van der Waals surface area contributed by atoms with Gasteiger partial charge < -0.3 is 25.3 Å². The third kappa shape index (κ3) is 9.17. The quantitative estimate of drug-likeness (QED) is 0.156. The summed E-state index contributed by atoms with van der Waals surface area (Å²) < 4.78 is 18.8. The van der Waals surface area contributed by atoms with Crippen molar-refractivity contribution in [1.29, 1.82) is 0 Å². The zero-order valence-corrected chi connectivity index (χ0v) is 22.9. The molecule has 0 atom stereocenters. The normalized spacial score (nSPS) is 10.6. The van der Waals surface area contributed by atoms with Gasteiger partial charge in [-0.05, 0) is 48.2 Å². The van der Waals surface area contributed by atoms with Gasteiger partial charge in [-0.2, -0.15) is 0 Å². The van der Waals surface area contributed by atoms with Crippen molar-refractivity contribution < 1.29 is 19.0 Å². The van der Waals surface area contributed by atoms with Crippen LogP contribution in [-0.4, -0.2) is 19.0 Å². The number of ether oxygens (including phenoxy) is 3. The van der Waals surface area contributed by atoms with Gasteiger partial charge in [0, 0.05) is 12.1 Å². The Balaban J connectivity index is 1.59. The van der Waals surface area contributed by atoms with Gasteiger partial charge >= 0.3 is 0 Å². The molecule has 3 N–H and O–H groups in total. The van der Waals surface area contributed by atoms with Gasteiger partial charge in [-0.1, -0.05) is 104 Å². The molecule has 0 aliphatic carbocycles. The molecule has 4 aromatic carbocycles. The maximum absolute atomic E-state index is 13.2. The van der Waals surface area contributed by atoms with Crippen molar-refractivity contribution in [2.45, 2.75) is 45.5 Å². The molecule has 0 aliphatic rings. The number of hydrogen-bond donors (Lipinski definition) is 2. The van der Waals surface area contributed by atoms with Crippen molar-refractivity contribution >= 4 is 5.91 Å². The molecule has 6 heteroatoms. The number of hydrogen-bond acceptors (Lipinski definition) is 5. The first-order chi connectivity index (χ1) is 19.7. The summed E-state index contributed by atoms with van der Waals surface area (Å²) in [7, 11) is 0. The third-order valence-electron chi connectivity index (χ3n) is 6.40. The van der Waals surface area contributed by atoms with Gasteiger partial charge in [0.1, 0.15) is 19.8 Å². The minimum atomic E-state index is -0.178. The van der Waals surface area contributed by atoms with Crippen molar-refractivity contribution in [2.24, 2.45) is 5.73 Å². The Labute approximate surface area is 237 Å². The molecular formula is C34H38N2O4. The summed E-state index contributed by atoms with van der Waals surface area (Å²) in [5.74, 6) is 1.20. The monoisotopic (exact) mass is 538 g/mol. The molecule has 0 unspecified atom stereocenters. The second-order valence-corrected chi connectivity index (χ2v) is 9.58. The number of benzene rings is 4. The van der Waals surface area contributed by atoms with Crippen LogP contribution in [0.2, 0.25) is 0 Å². The summed E-state index contributed by atoms with van der Waals surface area (Å²) in [6, 6.07) is 33.2. The predicted molar refractivity (Wildman–Crippen MR) is 159 cm³/mol. The van der Waals surface area contributed by atoms with E-state index in [1.807, 2.05) is 91.0 Å². The van der Waals surface area contributed by atoms with Crippen molar-refractivity contribution in [2.75, 3.05) is 13.1 Å². The first kappa shape index (κ1) is 28.7. The van der Waals surface area contributed by atoms with Crippen molar-refractivity contribution in [3.05, 3.63) is 125 Å². The molecule has 1 amide bonds. The van der Waals surface area contributed by atoms with Crippen LogP contribution in [0.3, 0.4) is 0 Å². The number of rotatable bonds is 16. The minimum absolute atomic E-state index is 0.178. The van der Waals surface area contributed by atoms with E-state index >= 15 is 0 Å². The van der Waals surface area contributed by atoms with Crippen molar-refractivity contribution in [3.8, 4) is 17.2 Å². The summed E-state index contributed by atoms with van der Waals surface area (Å²) >= 11 is 0. The molecule has 0 saturated heterocycles. The van der Waals surface area contributed by atoms with Crippen LogP contribution in [0.15, 0.2) is 103 Å². The SMILES string of the molecule is NCCCCCCNC(=O)c1cc(OCc2ccccc2)c(OCc2ccccc2)c(OCc2ccccc2)c1. The van der Waals surface area contributed by atoms with E-state index in [4.69, 9.17) is 19.9 Å². The molecule has 0 fully saturated rings. The lowest BCUT2D eigenvalue weighted by molar-refractivity contribution is 0.0951. The average Bonchev–Trinajstić information content (AvgIpc) is 3.01. The highest BCUT2D eigenvalue weighted by molar-refractivity contribution is 5.95. The number of carbonyl (C=O) groups is 1. The maximum Gasteiger partial charge on any atom is 0.251 e. The summed E-state index contributed by atoms with van der Waals surface area (Å²) in [5.41, 5.74) is 9.08. The van der Waals surface area contributed by atoms with Crippen LogP contribution in [0.5, 0.6) is 17.2 Å². The molecule has 6 nitrogen and oxygen atoms in total. The molecule has 0 bridgehead atoms. The summed E-state index contributed by atoms with van der Waals surface area (Å²) in [4.78, 5) is 13.2. The van der Waals surface area contributed by atoms with Gasteiger partial charge in [-0.25, -0.2) is 0 Å². The molecule has 0 radical (unpaired) electrons. The van der Waals surface area contributed by atoms with E-state index in [1.165, 1.54) is 0 Å². The lowest BCUT2D eigenvalue weighted by atomic mass is 10.1. The molecule has 208 valence electrons. The van der Waals surface area contributed by atoms with Crippen LogP contribution in [0.4, 0.5) is 0 Å². The van der Waals surface area contributed by atoms with Gasteiger partial charge in [-0.3, -0.25) is 4.79 Å². The van der Waals surface area contributed by atoms with E-state index < -0.39 is 0 Å². The summed E-state index contributed by atoms with van der Waals surface area (Å²) in [6.07, 6.45) is 4.00. The first-order valence-corrected chi connectivity index (χ1v) is 13.9. The van der Waals surface area contributed by atoms with Gasteiger partial charge in [0.05, 0.1) is 0 Å². The Morgan fingerprint density at radius 2 is 1.05 bits per heavy atom. The highest BCUT2D eigenvalue weighted by Gasteiger charge is 2.20. The number of nitrogens with one attached hydrogen (secondary N) is 1. The average molecular weight is 539 g/mol. The second-order valence-electron chi connectivity index (χ2n) is 9.58. The fourth-order valence-electron chi connectivity index (χ4n) is 4.19. The van der Waals surface area contributed by atoms with E-state index in [2.05, 4.69) is 5.32 Å². The zero-order valence-electron chi connectivity index (χ0n) is 22.9. The largest absolute Gasteiger partial charge is 0.485 e. The van der Waals surface area contributed by atoms with Gasteiger partial charge in [-0.15, -0.1) is 0 Å². The van der Waals surface area contributed by atoms with E-state index in [0.717, 1.165) is 42.4 Å². The minimum Gasteiger partial charge on any atom is -0.485 e. The predicted octanol–water partition coefficient (Wildman–Crippen LogP) is 6.67. The fourth-order valence-corrected chi connectivity index (χ4v) is 4.19. The topological polar surface area (TPSA) is 82.8 Å². The van der Waals surface area contributed by atoms with E-state index in [9.17, 15) is 4.79 Å². The molecule has 4 aromatic rings. The fraction of sp³-hybridized carbons (Fsp3) is 0.265. The lowest BCUT2D eigenvalue weighted by Gasteiger charge is -2.19. The smallest absolute Gasteiger partial charge is 0.251 e. The Hall–Kier alpha value is -4.29. The highest BCUT2D eigenvalue weighted by Crippen LogP contribution is 2.40. The summed E-state index contributed by atoms with van der Waals surface area (Å²) in [6.45, 7) is 2.27. The molecule has 0 spiro atoms. The number of carbonyl (C=O) groups excluding carboxylic acids is 1. The molecule has 0 heterocycles. The Bertz CT molecular complexity index is 1230. The highest BCUT2D eigenvalue weighted by atomic mass is 16.5. The van der Waals surface area contributed by atoms with Crippen LogP contribution in [-0.2, 0) is 19.8 Å². The Kier molecular flexibility index (Phi) is 11.5. The van der Waals surface area contributed by atoms with Crippen LogP contribution in [0, 0.1) is 0 Å². The van der Waals surface area contributed by atoms with Crippen LogP contribution >= 0.6 is 0 Å². The number of unbranched alkanes of at least 4 members (excludes halogenated alkanes) is 3. The molecule has 0 aromatic heterocycles. The zero-order chi connectivity index (χ0) is 27.8. The number of nitrogens with two attached hydrogens (primary N) is 1. The number of amides is 1. The van der Waals surface area contributed by atoms with Gasteiger partial charge in [0.2, 0.25) is 5.75 Å². The van der Waals surface area contributed by atoms with Crippen LogP contribution in [0.1, 0.15) is 52.7 Å². The standard InChI is InChI=1S/C34H38N2O4/c35-20-12-1-2-13-21-36-34(37)30-22-31(38-24-27-14-6-3-7-15-27)33(40-26-29-18-10-5-11-19-29)32(23-30)39-25-28-16-8-4-9-17-28/h3-11,14-19,22-23H,1-2,12-13,20-21,24-26,35H2,(H,36,37).